The number of ether oxygens (including phenoxy) is 1. The van der Waals surface area contributed by atoms with Gasteiger partial charge in [0.05, 0.1) is 30.6 Å². The SMILES string of the molecule is CN1CC[C@@](O)(C#Cc2cccc(-c3ncc(N(C)C4(C)COC4)c(C(N)=O)n3)c2)C1=O. The number of likely N-dealkylation sites (N-methyl/N-ethyl adjacent to an activating group) is 2. The number of amides is 2. The molecule has 9 nitrogen and oxygen atoms in total. The number of aromatic nitrogens is 2. The number of hydrogen-bond donors (Lipinski definition) is 2. The zero-order valence-corrected chi connectivity index (χ0v) is 18.3. The highest BCUT2D eigenvalue weighted by Gasteiger charge is 2.42. The molecule has 1 aromatic heterocycles. The third-order valence-corrected chi connectivity index (χ3v) is 6.04. The van der Waals surface area contributed by atoms with Crippen molar-refractivity contribution in [1.82, 2.24) is 14.9 Å². The van der Waals surface area contributed by atoms with Crippen LogP contribution in [0.15, 0.2) is 30.5 Å². The predicted octanol–water partition coefficient (Wildman–Crippen LogP) is 0.412. The van der Waals surface area contributed by atoms with Crippen molar-refractivity contribution in [2.45, 2.75) is 24.5 Å². The van der Waals surface area contributed by atoms with Gasteiger partial charge in [-0.25, -0.2) is 9.97 Å². The topological polar surface area (TPSA) is 122 Å². The van der Waals surface area contributed by atoms with Crippen LogP contribution in [0.1, 0.15) is 29.4 Å². The fourth-order valence-electron chi connectivity index (χ4n) is 3.70. The Balaban J connectivity index is 1.65. The summed E-state index contributed by atoms with van der Waals surface area (Å²) in [6, 6.07) is 7.06. The van der Waals surface area contributed by atoms with Crippen molar-refractivity contribution in [1.29, 1.82) is 0 Å². The van der Waals surface area contributed by atoms with Crippen LogP contribution < -0.4 is 10.6 Å². The molecule has 1 atom stereocenters. The van der Waals surface area contributed by atoms with Gasteiger partial charge in [0.15, 0.2) is 11.5 Å². The van der Waals surface area contributed by atoms with E-state index in [1.54, 1.807) is 37.5 Å². The molecule has 3 heterocycles. The lowest BCUT2D eigenvalue weighted by atomic mass is 9.97. The number of benzene rings is 1. The van der Waals surface area contributed by atoms with Crippen LogP contribution in [-0.4, -0.2) is 76.8 Å². The van der Waals surface area contributed by atoms with Gasteiger partial charge in [0.2, 0.25) is 5.60 Å². The smallest absolute Gasteiger partial charge is 0.269 e. The van der Waals surface area contributed by atoms with Crippen LogP contribution in [0.3, 0.4) is 0 Å². The van der Waals surface area contributed by atoms with E-state index in [9.17, 15) is 14.7 Å². The number of aliphatic hydroxyl groups is 1. The minimum Gasteiger partial charge on any atom is -0.376 e. The summed E-state index contributed by atoms with van der Waals surface area (Å²) in [7, 11) is 3.49. The van der Waals surface area contributed by atoms with Crippen molar-refractivity contribution in [2.75, 3.05) is 38.8 Å². The fraction of sp³-hybridized carbons (Fsp3) is 0.391. The van der Waals surface area contributed by atoms with Gasteiger partial charge in [0.25, 0.3) is 11.8 Å². The molecule has 4 rings (SSSR count). The monoisotopic (exact) mass is 435 g/mol. The van der Waals surface area contributed by atoms with Gasteiger partial charge in [-0.2, -0.15) is 0 Å². The van der Waals surface area contributed by atoms with Crippen LogP contribution in [-0.2, 0) is 9.53 Å². The van der Waals surface area contributed by atoms with Crippen LogP contribution >= 0.6 is 0 Å². The number of nitrogens with two attached hydrogens (primary N) is 1. The lowest BCUT2D eigenvalue weighted by Gasteiger charge is -2.46. The molecule has 2 aliphatic rings. The average molecular weight is 435 g/mol. The summed E-state index contributed by atoms with van der Waals surface area (Å²) < 4.78 is 5.31. The third-order valence-electron chi connectivity index (χ3n) is 6.04. The van der Waals surface area contributed by atoms with Crippen molar-refractivity contribution in [2.24, 2.45) is 5.73 Å². The van der Waals surface area contributed by atoms with Gasteiger partial charge >= 0.3 is 0 Å². The number of carbonyl (C=O) groups excluding carboxylic acids is 2. The summed E-state index contributed by atoms with van der Waals surface area (Å²) in [5.74, 6) is 4.84. The molecule has 3 N–H and O–H groups in total. The van der Waals surface area contributed by atoms with Gasteiger partial charge in [-0.1, -0.05) is 24.0 Å². The molecule has 9 heteroatoms. The molecule has 2 amide bonds. The highest BCUT2D eigenvalue weighted by Crippen LogP contribution is 2.31. The maximum atomic E-state index is 12.1. The van der Waals surface area contributed by atoms with Crippen molar-refractivity contribution in [3.8, 4) is 23.2 Å². The number of anilines is 1. The number of primary amides is 1. The first-order valence-electron chi connectivity index (χ1n) is 10.2. The number of rotatable bonds is 4. The lowest BCUT2D eigenvalue weighted by molar-refractivity contribution is -0.137. The quantitative estimate of drug-likeness (QED) is 0.667. The molecule has 2 saturated heterocycles. The Morgan fingerprint density at radius 3 is 2.72 bits per heavy atom. The number of likely N-dealkylation sites (tertiary alicyclic amines) is 1. The second kappa shape index (κ2) is 7.89. The third kappa shape index (κ3) is 3.79. The molecule has 2 aliphatic heterocycles. The van der Waals surface area contributed by atoms with Crippen molar-refractivity contribution in [3.63, 3.8) is 0 Å². The maximum absolute atomic E-state index is 12.1. The summed E-state index contributed by atoms with van der Waals surface area (Å²) >= 11 is 0. The van der Waals surface area contributed by atoms with E-state index in [4.69, 9.17) is 10.5 Å². The van der Waals surface area contributed by atoms with Crippen molar-refractivity contribution < 1.29 is 19.4 Å². The van der Waals surface area contributed by atoms with Crippen LogP contribution in [0.25, 0.3) is 11.4 Å². The zero-order valence-electron chi connectivity index (χ0n) is 18.3. The molecule has 2 fully saturated rings. The van der Waals surface area contributed by atoms with Gasteiger partial charge in [-0.3, -0.25) is 9.59 Å². The van der Waals surface area contributed by atoms with Gasteiger partial charge in [0.1, 0.15) is 0 Å². The molecule has 166 valence electrons. The Hall–Kier alpha value is -3.48. The normalized spacial score (nSPS) is 21.5. The molecule has 1 aromatic carbocycles. The standard InChI is InChI=1S/C23H25N5O4/c1-22(13-32-14-22)28(3)17-12-25-20(26-18(17)19(24)29)16-6-4-5-15(11-16)7-8-23(31)9-10-27(2)21(23)30/h4-6,11-12,31H,9-10,13-14H2,1-3H3,(H2,24,29)/t23-/m0/s1. The first kappa shape index (κ1) is 21.7. The van der Waals surface area contributed by atoms with Crippen LogP contribution in [0.2, 0.25) is 0 Å². The van der Waals surface area contributed by atoms with E-state index in [2.05, 4.69) is 21.8 Å². The summed E-state index contributed by atoms with van der Waals surface area (Å²) in [4.78, 5) is 36.5. The number of hydrogen-bond acceptors (Lipinski definition) is 7. The van der Waals surface area contributed by atoms with E-state index in [1.165, 1.54) is 4.90 Å². The molecule has 32 heavy (non-hydrogen) atoms. The summed E-state index contributed by atoms with van der Waals surface area (Å²) in [6.45, 7) is 3.56. The summed E-state index contributed by atoms with van der Waals surface area (Å²) in [6.07, 6.45) is 1.85. The molecule has 0 saturated carbocycles. The molecule has 0 aliphatic carbocycles. The van der Waals surface area contributed by atoms with Crippen molar-refractivity contribution in [3.05, 3.63) is 41.7 Å². The van der Waals surface area contributed by atoms with E-state index < -0.39 is 17.4 Å². The van der Waals surface area contributed by atoms with Gasteiger partial charge in [0, 0.05) is 38.2 Å². The Labute approximate surface area is 186 Å². The fourth-order valence-corrected chi connectivity index (χ4v) is 3.70. The molecule has 0 unspecified atom stereocenters. The molecule has 0 spiro atoms. The van der Waals surface area contributed by atoms with Crippen LogP contribution in [0.5, 0.6) is 0 Å². The van der Waals surface area contributed by atoms with E-state index in [-0.39, 0.29) is 17.7 Å². The molecule has 0 bridgehead atoms. The van der Waals surface area contributed by atoms with E-state index in [0.29, 0.717) is 42.4 Å². The van der Waals surface area contributed by atoms with E-state index in [1.807, 2.05) is 18.9 Å². The highest BCUT2D eigenvalue weighted by molar-refractivity contribution is 5.97. The summed E-state index contributed by atoms with van der Waals surface area (Å²) in [5, 5.41) is 10.5. The van der Waals surface area contributed by atoms with Crippen LogP contribution in [0.4, 0.5) is 5.69 Å². The second-order valence-electron chi connectivity index (χ2n) is 8.51. The number of nitrogens with zero attached hydrogens (tertiary/aromatic N) is 4. The Kier molecular flexibility index (Phi) is 5.36. The van der Waals surface area contributed by atoms with Gasteiger partial charge in [-0.15, -0.1) is 0 Å². The van der Waals surface area contributed by atoms with Crippen molar-refractivity contribution >= 4 is 17.5 Å². The second-order valence-corrected chi connectivity index (χ2v) is 8.51. The Morgan fingerprint density at radius 2 is 2.12 bits per heavy atom. The van der Waals surface area contributed by atoms with Gasteiger partial charge in [-0.05, 0) is 19.1 Å². The molecule has 2 aromatic rings. The maximum Gasteiger partial charge on any atom is 0.269 e. The Bertz CT molecular complexity index is 1150. The first-order valence-corrected chi connectivity index (χ1v) is 10.2. The summed E-state index contributed by atoms with van der Waals surface area (Å²) in [5.41, 5.74) is 5.57. The van der Waals surface area contributed by atoms with E-state index >= 15 is 0 Å². The molecule has 0 radical (unpaired) electrons. The molecular formula is C23H25N5O4. The van der Waals surface area contributed by atoms with Gasteiger partial charge < -0.3 is 25.4 Å². The predicted molar refractivity (Wildman–Crippen MR) is 118 cm³/mol. The highest BCUT2D eigenvalue weighted by atomic mass is 16.5. The van der Waals surface area contributed by atoms with Crippen LogP contribution in [0, 0.1) is 11.8 Å². The lowest BCUT2D eigenvalue weighted by Crippen LogP contribution is -2.59. The zero-order chi connectivity index (χ0) is 23.1. The average Bonchev–Trinajstić information content (AvgIpc) is 3.03. The minimum atomic E-state index is -1.67. The molecular weight excluding hydrogens is 410 g/mol. The minimum absolute atomic E-state index is 0.121. The van der Waals surface area contributed by atoms with E-state index in [0.717, 1.165) is 0 Å². The first-order chi connectivity index (χ1) is 15.1. The number of carbonyl (C=O) groups is 2. The largest absolute Gasteiger partial charge is 0.376 e. The Morgan fingerprint density at radius 1 is 1.38 bits per heavy atom.